The molecule has 0 bridgehead atoms. The van der Waals surface area contributed by atoms with E-state index in [9.17, 15) is 4.79 Å². The van der Waals surface area contributed by atoms with Gasteiger partial charge in [-0.25, -0.2) is 0 Å². The van der Waals surface area contributed by atoms with Crippen molar-refractivity contribution in [2.24, 2.45) is 0 Å². The van der Waals surface area contributed by atoms with Crippen LogP contribution in [0, 0.1) is 0 Å². The molecule has 0 aliphatic carbocycles. The molecule has 0 amide bonds. The predicted molar refractivity (Wildman–Crippen MR) is 65.9 cm³/mol. The van der Waals surface area contributed by atoms with Crippen molar-refractivity contribution in [1.82, 2.24) is 0 Å². The number of rotatable bonds is 4. The minimum atomic E-state index is 0.588. The Hall–Kier alpha value is -1.45. The normalized spacial score (nSPS) is 10.3. The van der Waals surface area contributed by atoms with Gasteiger partial charge in [0.15, 0.2) is 6.29 Å². The van der Waals surface area contributed by atoms with E-state index in [1.165, 1.54) is 11.3 Å². The van der Waals surface area contributed by atoms with Crippen LogP contribution in [-0.4, -0.2) is 13.4 Å². The van der Waals surface area contributed by atoms with E-state index in [0.717, 1.165) is 27.2 Å². The molecule has 0 N–H and O–H groups in total. The van der Waals surface area contributed by atoms with Gasteiger partial charge in [0.2, 0.25) is 0 Å². The van der Waals surface area contributed by atoms with Crippen LogP contribution in [0.3, 0.4) is 0 Å². The van der Waals surface area contributed by atoms with E-state index in [2.05, 4.69) is 6.07 Å². The Morgan fingerprint density at radius 3 is 2.75 bits per heavy atom. The minimum absolute atomic E-state index is 0.588. The van der Waals surface area contributed by atoms with Gasteiger partial charge in [0, 0.05) is 12.0 Å². The number of methoxy groups -OCH3 is 1. The van der Waals surface area contributed by atoms with Crippen LogP contribution in [0.25, 0.3) is 10.4 Å². The molecule has 1 aromatic carbocycles. The molecule has 1 aromatic heterocycles. The zero-order chi connectivity index (χ0) is 11.4. The third-order valence-electron chi connectivity index (χ3n) is 2.33. The summed E-state index contributed by atoms with van der Waals surface area (Å²) in [6, 6.07) is 11.9. The van der Waals surface area contributed by atoms with Crippen LogP contribution in [0.4, 0.5) is 0 Å². The molecule has 2 aromatic rings. The first kappa shape index (κ1) is 11.0. The fourth-order valence-electron chi connectivity index (χ4n) is 1.60. The van der Waals surface area contributed by atoms with Gasteiger partial charge in [0.1, 0.15) is 0 Å². The molecule has 3 heteroatoms. The number of carbonyl (C=O) groups excluding carboxylic acids is 1. The summed E-state index contributed by atoms with van der Waals surface area (Å²) < 4.78 is 5.16. The molecule has 0 atom stereocenters. The van der Waals surface area contributed by atoms with Crippen LogP contribution in [0.5, 0.6) is 0 Å². The van der Waals surface area contributed by atoms with Crippen molar-refractivity contribution in [2.45, 2.75) is 6.61 Å². The van der Waals surface area contributed by atoms with E-state index in [-0.39, 0.29) is 0 Å². The number of benzene rings is 1. The van der Waals surface area contributed by atoms with Crippen molar-refractivity contribution in [3.05, 3.63) is 46.8 Å². The molecular weight excluding hydrogens is 220 g/mol. The van der Waals surface area contributed by atoms with Crippen molar-refractivity contribution in [2.75, 3.05) is 7.11 Å². The fraction of sp³-hybridized carbons (Fsp3) is 0.154. The number of hydrogen-bond donors (Lipinski definition) is 0. The SMILES string of the molecule is COCc1ccccc1-c1ccc(C=O)s1. The van der Waals surface area contributed by atoms with Crippen molar-refractivity contribution < 1.29 is 9.53 Å². The Balaban J connectivity index is 2.42. The summed E-state index contributed by atoms with van der Waals surface area (Å²) >= 11 is 1.50. The van der Waals surface area contributed by atoms with Gasteiger partial charge in [-0.05, 0) is 23.3 Å². The van der Waals surface area contributed by atoms with Gasteiger partial charge in [0.25, 0.3) is 0 Å². The molecule has 0 radical (unpaired) electrons. The molecule has 2 nitrogen and oxygen atoms in total. The number of aldehydes is 1. The third kappa shape index (κ3) is 2.21. The maximum atomic E-state index is 10.6. The maximum Gasteiger partial charge on any atom is 0.160 e. The first-order valence-corrected chi connectivity index (χ1v) is 5.79. The summed E-state index contributed by atoms with van der Waals surface area (Å²) in [6.45, 7) is 0.588. The average molecular weight is 232 g/mol. The summed E-state index contributed by atoms with van der Waals surface area (Å²) in [7, 11) is 1.68. The highest BCUT2D eigenvalue weighted by molar-refractivity contribution is 7.17. The zero-order valence-corrected chi connectivity index (χ0v) is 9.79. The Morgan fingerprint density at radius 1 is 1.25 bits per heavy atom. The summed E-state index contributed by atoms with van der Waals surface area (Å²) in [4.78, 5) is 12.5. The Labute approximate surface area is 98.5 Å². The second kappa shape index (κ2) is 5.05. The van der Waals surface area contributed by atoms with Gasteiger partial charge in [-0.2, -0.15) is 0 Å². The van der Waals surface area contributed by atoms with Crippen LogP contribution >= 0.6 is 11.3 Å². The van der Waals surface area contributed by atoms with Crippen LogP contribution in [0.2, 0.25) is 0 Å². The monoisotopic (exact) mass is 232 g/mol. The van der Waals surface area contributed by atoms with Gasteiger partial charge < -0.3 is 4.74 Å². The number of hydrogen-bond acceptors (Lipinski definition) is 3. The predicted octanol–water partition coefficient (Wildman–Crippen LogP) is 3.37. The molecule has 0 aliphatic rings. The maximum absolute atomic E-state index is 10.6. The van der Waals surface area contributed by atoms with Crippen LogP contribution in [0.1, 0.15) is 15.2 Å². The molecular formula is C13H12O2S. The van der Waals surface area contributed by atoms with Crippen LogP contribution < -0.4 is 0 Å². The first-order chi connectivity index (χ1) is 7.85. The molecule has 0 unspecified atom stereocenters. The Kier molecular flexibility index (Phi) is 3.49. The molecule has 16 heavy (non-hydrogen) atoms. The second-order valence-corrected chi connectivity index (χ2v) is 4.53. The molecule has 82 valence electrons. The highest BCUT2D eigenvalue weighted by Gasteiger charge is 2.06. The van der Waals surface area contributed by atoms with Crippen molar-refractivity contribution in [3.8, 4) is 10.4 Å². The van der Waals surface area contributed by atoms with E-state index in [1.807, 2.05) is 30.3 Å². The lowest BCUT2D eigenvalue weighted by Gasteiger charge is -2.06. The van der Waals surface area contributed by atoms with Crippen molar-refractivity contribution in [1.29, 1.82) is 0 Å². The first-order valence-electron chi connectivity index (χ1n) is 4.97. The van der Waals surface area contributed by atoms with Crippen molar-refractivity contribution in [3.63, 3.8) is 0 Å². The smallest absolute Gasteiger partial charge is 0.160 e. The minimum Gasteiger partial charge on any atom is -0.380 e. The van der Waals surface area contributed by atoms with Gasteiger partial charge >= 0.3 is 0 Å². The number of thiophene rings is 1. The lowest BCUT2D eigenvalue weighted by atomic mass is 10.1. The Morgan fingerprint density at radius 2 is 2.06 bits per heavy atom. The molecule has 0 fully saturated rings. The van der Waals surface area contributed by atoms with E-state index in [4.69, 9.17) is 4.74 Å². The lowest BCUT2D eigenvalue weighted by molar-refractivity contribution is 0.112. The molecule has 2 rings (SSSR count). The lowest BCUT2D eigenvalue weighted by Crippen LogP contribution is -1.89. The van der Waals surface area contributed by atoms with Gasteiger partial charge in [0.05, 0.1) is 11.5 Å². The van der Waals surface area contributed by atoms with Gasteiger partial charge in [-0.1, -0.05) is 24.3 Å². The highest BCUT2D eigenvalue weighted by atomic mass is 32.1. The topological polar surface area (TPSA) is 26.3 Å². The molecule has 0 aliphatic heterocycles. The highest BCUT2D eigenvalue weighted by Crippen LogP contribution is 2.30. The van der Waals surface area contributed by atoms with Crippen LogP contribution in [-0.2, 0) is 11.3 Å². The molecule has 1 heterocycles. The third-order valence-corrected chi connectivity index (χ3v) is 3.37. The zero-order valence-electron chi connectivity index (χ0n) is 8.97. The second-order valence-electron chi connectivity index (χ2n) is 3.41. The summed E-state index contributed by atoms with van der Waals surface area (Å²) in [5.41, 5.74) is 2.28. The number of ether oxygens (including phenoxy) is 1. The standard InChI is InChI=1S/C13H12O2S/c1-15-9-10-4-2-3-5-12(10)13-7-6-11(8-14)16-13/h2-8H,9H2,1H3. The molecule has 0 saturated heterocycles. The quantitative estimate of drug-likeness (QED) is 0.755. The molecule has 0 saturated carbocycles. The van der Waals surface area contributed by atoms with E-state index in [0.29, 0.717) is 6.61 Å². The van der Waals surface area contributed by atoms with E-state index >= 15 is 0 Å². The number of carbonyl (C=O) groups is 1. The van der Waals surface area contributed by atoms with Gasteiger partial charge in [-0.15, -0.1) is 11.3 Å². The Bertz CT molecular complexity index is 488. The summed E-state index contributed by atoms with van der Waals surface area (Å²) in [6.07, 6.45) is 0.882. The van der Waals surface area contributed by atoms with Crippen molar-refractivity contribution >= 4 is 17.6 Å². The average Bonchev–Trinajstić information content (AvgIpc) is 2.79. The molecule has 0 spiro atoms. The largest absolute Gasteiger partial charge is 0.380 e. The fourth-order valence-corrected chi connectivity index (χ4v) is 2.49. The van der Waals surface area contributed by atoms with Gasteiger partial charge in [-0.3, -0.25) is 4.79 Å². The van der Waals surface area contributed by atoms with E-state index < -0.39 is 0 Å². The van der Waals surface area contributed by atoms with Crippen LogP contribution in [0.15, 0.2) is 36.4 Å². The van der Waals surface area contributed by atoms with E-state index in [1.54, 1.807) is 7.11 Å². The summed E-state index contributed by atoms with van der Waals surface area (Å²) in [5.74, 6) is 0. The summed E-state index contributed by atoms with van der Waals surface area (Å²) in [5, 5.41) is 0.